The zero-order chi connectivity index (χ0) is 13.0. The Labute approximate surface area is 111 Å². The Morgan fingerprint density at radius 1 is 1.33 bits per heavy atom. The molecule has 2 rings (SSSR count). The number of amides is 1. The highest BCUT2D eigenvalue weighted by molar-refractivity contribution is 7.97. The summed E-state index contributed by atoms with van der Waals surface area (Å²) in [6, 6.07) is 7.98. The number of hydrogen-bond donors (Lipinski definition) is 2. The molecule has 5 heteroatoms. The lowest BCUT2D eigenvalue weighted by Gasteiger charge is -2.17. The van der Waals surface area contributed by atoms with Gasteiger partial charge in [0.15, 0.2) is 0 Å². The van der Waals surface area contributed by atoms with Gasteiger partial charge in [0.05, 0.1) is 0 Å². The van der Waals surface area contributed by atoms with E-state index in [0.717, 1.165) is 23.5 Å². The minimum absolute atomic E-state index is 0.132. The van der Waals surface area contributed by atoms with Crippen molar-refractivity contribution in [2.24, 2.45) is 0 Å². The van der Waals surface area contributed by atoms with Crippen molar-refractivity contribution in [3.8, 4) is 0 Å². The number of hydrogen-bond acceptors (Lipinski definition) is 4. The van der Waals surface area contributed by atoms with E-state index in [4.69, 9.17) is 5.41 Å². The first kappa shape index (κ1) is 13.1. The molecule has 18 heavy (non-hydrogen) atoms. The second-order valence-corrected chi connectivity index (χ2v) is 5.44. The molecule has 4 nitrogen and oxygen atoms in total. The molecule has 0 aliphatic carbocycles. The number of carbonyl (C=O) groups excluding carboxylic acids is 1. The maximum Gasteiger partial charge on any atom is 0.221 e. The summed E-state index contributed by atoms with van der Waals surface area (Å²) in [7, 11) is 0. The van der Waals surface area contributed by atoms with Gasteiger partial charge in [-0.25, -0.2) is 4.31 Å². The Morgan fingerprint density at radius 3 is 2.72 bits per heavy atom. The molecule has 1 fully saturated rings. The standard InChI is InChI=1S/C13H17N3OS/c1-10(14)11-2-4-12(5-3-11)18-16-8-6-13(17)15-7-9-16/h2-5,14H,6-9H2,1H3,(H,15,17). The van der Waals surface area contributed by atoms with Crippen molar-refractivity contribution in [2.45, 2.75) is 18.2 Å². The molecule has 0 bridgehead atoms. The van der Waals surface area contributed by atoms with Crippen LogP contribution >= 0.6 is 11.9 Å². The molecule has 0 aromatic heterocycles. The SMILES string of the molecule is CC(=N)c1ccc(SN2CCNC(=O)CC2)cc1. The van der Waals surface area contributed by atoms with Gasteiger partial charge in [-0.1, -0.05) is 12.1 Å². The third-order valence-corrected chi connectivity index (χ3v) is 3.90. The maximum atomic E-state index is 11.2. The average Bonchev–Trinajstić information content (AvgIpc) is 2.55. The third-order valence-electron chi connectivity index (χ3n) is 2.79. The van der Waals surface area contributed by atoms with Gasteiger partial charge < -0.3 is 10.7 Å². The van der Waals surface area contributed by atoms with E-state index in [1.165, 1.54) is 0 Å². The predicted molar refractivity (Wildman–Crippen MR) is 74.0 cm³/mol. The van der Waals surface area contributed by atoms with E-state index in [0.29, 0.717) is 18.7 Å². The molecule has 1 saturated heterocycles. The summed E-state index contributed by atoms with van der Waals surface area (Å²) in [5.41, 5.74) is 1.53. The highest BCUT2D eigenvalue weighted by Gasteiger charge is 2.14. The van der Waals surface area contributed by atoms with Gasteiger partial charge >= 0.3 is 0 Å². The van der Waals surface area contributed by atoms with Gasteiger partial charge in [-0.3, -0.25) is 4.79 Å². The minimum atomic E-state index is 0.132. The first-order chi connectivity index (χ1) is 8.65. The minimum Gasteiger partial charge on any atom is -0.355 e. The summed E-state index contributed by atoms with van der Waals surface area (Å²) in [6.45, 7) is 4.14. The summed E-state index contributed by atoms with van der Waals surface area (Å²) >= 11 is 1.67. The Kier molecular flexibility index (Phi) is 4.38. The summed E-state index contributed by atoms with van der Waals surface area (Å²) in [6.07, 6.45) is 0.560. The van der Waals surface area contributed by atoms with Gasteiger partial charge in [0.25, 0.3) is 0 Å². The van der Waals surface area contributed by atoms with Crippen LogP contribution in [0.5, 0.6) is 0 Å². The summed E-state index contributed by atoms with van der Waals surface area (Å²) in [4.78, 5) is 12.4. The van der Waals surface area contributed by atoms with Crippen LogP contribution in [0.25, 0.3) is 0 Å². The van der Waals surface area contributed by atoms with Gasteiger partial charge in [0.2, 0.25) is 5.91 Å². The van der Waals surface area contributed by atoms with Crippen LogP contribution in [-0.2, 0) is 4.79 Å². The van der Waals surface area contributed by atoms with Crippen LogP contribution in [-0.4, -0.2) is 35.6 Å². The van der Waals surface area contributed by atoms with Crippen molar-refractivity contribution >= 4 is 23.6 Å². The summed E-state index contributed by atoms with van der Waals surface area (Å²) < 4.78 is 2.20. The van der Waals surface area contributed by atoms with Crippen LogP contribution in [0, 0.1) is 5.41 Å². The fourth-order valence-corrected chi connectivity index (χ4v) is 2.67. The van der Waals surface area contributed by atoms with Crippen LogP contribution in [0.4, 0.5) is 0 Å². The highest BCUT2D eigenvalue weighted by Crippen LogP contribution is 2.23. The van der Waals surface area contributed by atoms with Crippen molar-refractivity contribution in [2.75, 3.05) is 19.6 Å². The van der Waals surface area contributed by atoms with Gasteiger partial charge in [-0.05, 0) is 36.6 Å². The molecule has 1 aromatic carbocycles. The monoisotopic (exact) mass is 263 g/mol. The Bertz CT molecular complexity index is 444. The zero-order valence-corrected chi connectivity index (χ0v) is 11.2. The number of carbonyl (C=O) groups is 1. The molecule has 0 saturated carbocycles. The van der Waals surface area contributed by atoms with Gasteiger partial charge in [-0.2, -0.15) is 0 Å². The molecule has 0 spiro atoms. The third kappa shape index (κ3) is 3.58. The first-order valence-corrected chi connectivity index (χ1v) is 6.78. The lowest BCUT2D eigenvalue weighted by Crippen LogP contribution is -2.24. The number of benzene rings is 1. The second kappa shape index (κ2) is 6.02. The highest BCUT2D eigenvalue weighted by atomic mass is 32.2. The molecule has 1 heterocycles. The predicted octanol–water partition coefficient (Wildman–Crippen LogP) is 1.90. The van der Waals surface area contributed by atoms with Gasteiger partial charge in [0, 0.05) is 36.7 Å². The van der Waals surface area contributed by atoms with Crippen molar-refractivity contribution in [1.29, 1.82) is 5.41 Å². The van der Waals surface area contributed by atoms with E-state index in [9.17, 15) is 4.79 Å². The number of nitrogens with one attached hydrogen (secondary N) is 2. The average molecular weight is 263 g/mol. The lowest BCUT2D eigenvalue weighted by molar-refractivity contribution is -0.120. The van der Waals surface area contributed by atoms with Crippen LogP contribution in [0.15, 0.2) is 29.2 Å². The van der Waals surface area contributed by atoms with E-state index in [1.807, 2.05) is 24.3 Å². The van der Waals surface area contributed by atoms with Crippen LogP contribution in [0.3, 0.4) is 0 Å². The smallest absolute Gasteiger partial charge is 0.221 e. The van der Waals surface area contributed by atoms with Crippen LogP contribution in [0.1, 0.15) is 18.9 Å². The molecule has 1 aromatic rings. The number of nitrogens with zero attached hydrogens (tertiary/aromatic N) is 1. The van der Waals surface area contributed by atoms with E-state index in [2.05, 4.69) is 9.62 Å². The maximum absolute atomic E-state index is 11.2. The molecule has 0 atom stereocenters. The van der Waals surface area contributed by atoms with Crippen molar-refractivity contribution in [3.05, 3.63) is 29.8 Å². The molecular formula is C13H17N3OS. The van der Waals surface area contributed by atoms with E-state index < -0.39 is 0 Å². The topological polar surface area (TPSA) is 56.2 Å². The fraction of sp³-hybridized carbons (Fsp3) is 0.385. The van der Waals surface area contributed by atoms with Gasteiger partial charge in [-0.15, -0.1) is 0 Å². The molecule has 1 amide bonds. The van der Waals surface area contributed by atoms with Gasteiger partial charge in [0.1, 0.15) is 0 Å². The largest absolute Gasteiger partial charge is 0.355 e. The second-order valence-electron chi connectivity index (χ2n) is 4.27. The molecule has 1 aliphatic heterocycles. The molecule has 2 N–H and O–H groups in total. The van der Waals surface area contributed by atoms with Crippen molar-refractivity contribution in [1.82, 2.24) is 9.62 Å². The van der Waals surface area contributed by atoms with Crippen molar-refractivity contribution in [3.63, 3.8) is 0 Å². The van der Waals surface area contributed by atoms with E-state index in [1.54, 1.807) is 18.9 Å². The zero-order valence-electron chi connectivity index (χ0n) is 10.4. The first-order valence-electron chi connectivity index (χ1n) is 6.00. The summed E-state index contributed by atoms with van der Waals surface area (Å²) in [5, 5.41) is 10.4. The van der Waals surface area contributed by atoms with Crippen LogP contribution in [0.2, 0.25) is 0 Å². The van der Waals surface area contributed by atoms with Crippen molar-refractivity contribution < 1.29 is 4.79 Å². The van der Waals surface area contributed by atoms with Crippen LogP contribution < -0.4 is 5.32 Å². The van der Waals surface area contributed by atoms with E-state index in [-0.39, 0.29) is 5.91 Å². The lowest BCUT2D eigenvalue weighted by atomic mass is 10.1. The summed E-state index contributed by atoms with van der Waals surface area (Å²) in [5.74, 6) is 0.132. The Hall–Kier alpha value is -1.33. The quantitative estimate of drug-likeness (QED) is 0.647. The molecule has 96 valence electrons. The Balaban J connectivity index is 1.96. The number of rotatable bonds is 3. The molecule has 0 unspecified atom stereocenters. The fourth-order valence-electron chi connectivity index (χ4n) is 1.75. The van der Waals surface area contributed by atoms with E-state index >= 15 is 0 Å². The Morgan fingerprint density at radius 2 is 2.06 bits per heavy atom. The molecule has 0 radical (unpaired) electrons. The normalized spacial score (nSPS) is 17.1. The molecule has 1 aliphatic rings. The molecular weight excluding hydrogens is 246 g/mol.